The van der Waals surface area contributed by atoms with Gasteiger partial charge in [0.1, 0.15) is 0 Å². The first-order valence-electron chi connectivity index (χ1n) is 19.6. The molecule has 288 valence electrons. The van der Waals surface area contributed by atoms with Crippen LogP contribution in [0.3, 0.4) is 0 Å². The van der Waals surface area contributed by atoms with Crippen LogP contribution in [0.1, 0.15) is 128 Å². The molecule has 0 aliphatic heterocycles. The normalized spacial score (nSPS) is 10.2. The van der Waals surface area contributed by atoms with E-state index in [0.717, 1.165) is 0 Å². The molecule has 0 spiro atoms. The molecule has 0 fully saturated rings. The molecule has 0 aliphatic carbocycles. The van der Waals surface area contributed by atoms with Crippen molar-refractivity contribution in [2.24, 2.45) is 0 Å². The first-order valence-corrected chi connectivity index (χ1v) is 19.6. The highest BCUT2D eigenvalue weighted by Gasteiger charge is 2.05. The summed E-state index contributed by atoms with van der Waals surface area (Å²) in [7, 11) is 0. The van der Waals surface area contributed by atoms with Gasteiger partial charge in [0.05, 0.1) is 0 Å². The van der Waals surface area contributed by atoms with E-state index >= 15 is 0 Å². The lowest BCUT2D eigenvalue weighted by molar-refractivity contribution is 1.18. The van der Waals surface area contributed by atoms with Crippen LogP contribution in [0.4, 0.5) is 0 Å². The first kappa shape index (κ1) is 47.1. The summed E-state index contributed by atoms with van der Waals surface area (Å²) in [5.41, 5.74) is 32.7. The van der Waals surface area contributed by atoms with E-state index in [4.69, 9.17) is 0 Å². The average molecular weight is 713 g/mol. The molecule has 53 heavy (non-hydrogen) atoms. The van der Waals surface area contributed by atoms with Gasteiger partial charge in [-0.3, -0.25) is 0 Å². The first-order chi connectivity index (χ1) is 24.4. The molecule has 5 aromatic carbocycles. The second-order valence-corrected chi connectivity index (χ2v) is 16.1. The van der Waals surface area contributed by atoms with E-state index < -0.39 is 0 Å². The van der Waals surface area contributed by atoms with Crippen LogP contribution in [0.5, 0.6) is 0 Å². The van der Waals surface area contributed by atoms with Gasteiger partial charge in [0.25, 0.3) is 0 Å². The predicted octanol–water partition coefficient (Wildman–Crippen LogP) is 15.5. The molecule has 0 heterocycles. The quantitative estimate of drug-likeness (QED) is 0.150. The largest absolute Gasteiger partial charge is 0.0588 e. The van der Waals surface area contributed by atoms with Crippen molar-refractivity contribution in [3.05, 3.63) is 170 Å². The standard InChI is InChI=1S/3C11H16.2C10H14/c3*1-7-6-8(2)10(4)11(5)9(7)3;2*1-7-5-6-8(2)10(4)9(7)3/h3*6H,1-5H3;2*5-6H,1-4H3. The van der Waals surface area contributed by atoms with Crippen molar-refractivity contribution >= 4 is 0 Å². The van der Waals surface area contributed by atoms with Crippen molar-refractivity contribution in [1.29, 1.82) is 0 Å². The lowest BCUT2D eigenvalue weighted by atomic mass is 9.96. The predicted molar refractivity (Wildman–Crippen MR) is 241 cm³/mol. The molecule has 0 atom stereocenters. The van der Waals surface area contributed by atoms with Crippen molar-refractivity contribution in [3.8, 4) is 0 Å². The molecule has 5 rings (SSSR count). The summed E-state index contributed by atoms with van der Waals surface area (Å²) in [6.07, 6.45) is 0. The van der Waals surface area contributed by atoms with Crippen LogP contribution in [-0.2, 0) is 0 Å². The van der Waals surface area contributed by atoms with Crippen LogP contribution in [0, 0.1) is 159 Å². The molecule has 0 unspecified atom stereocenters. The van der Waals surface area contributed by atoms with E-state index in [9.17, 15) is 0 Å². The molecule has 0 saturated heterocycles. The van der Waals surface area contributed by atoms with Gasteiger partial charge in [-0.1, -0.05) is 42.5 Å². The van der Waals surface area contributed by atoms with E-state index in [1.807, 2.05) is 0 Å². The number of hydrogen-bond donors (Lipinski definition) is 0. The van der Waals surface area contributed by atoms with Gasteiger partial charge in [0, 0.05) is 0 Å². The van der Waals surface area contributed by atoms with E-state index in [1.165, 1.54) is 128 Å². The Bertz CT molecular complexity index is 1690. The minimum Gasteiger partial charge on any atom is -0.0588 e. The fourth-order valence-electron chi connectivity index (χ4n) is 6.43. The van der Waals surface area contributed by atoms with Gasteiger partial charge in [-0.15, -0.1) is 0 Å². The second-order valence-electron chi connectivity index (χ2n) is 16.1. The third kappa shape index (κ3) is 12.6. The molecule has 0 amide bonds. The molecule has 0 aliphatic rings. The van der Waals surface area contributed by atoms with Gasteiger partial charge in [-0.05, 0) is 287 Å². The molecule has 5 aromatic rings. The Kier molecular flexibility index (Phi) is 18.2. The van der Waals surface area contributed by atoms with E-state index in [2.05, 4.69) is 202 Å². The highest BCUT2D eigenvalue weighted by molar-refractivity contribution is 5.45. The maximum absolute atomic E-state index is 2.26. The minimum absolute atomic E-state index is 1.39. The monoisotopic (exact) mass is 713 g/mol. The van der Waals surface area contributed by atoms with Gasteiger partial charge in [-0.25, -0.2) is 0 Å². The summed E-state index contributed by atoms with van der Waals surface area (Å²) >= 11 is 0. The second kappa shape index (κ2) is 20.5. The SMILES string of the molecule is Cc1cc(C)c(C)c(C)c1C.Cc1cc(C)c(C)c(C)c1C.Cc1cc(C)c(C)c(C)c1C.Cc1ccc(C)c(C)c1C.Cc1ccc(C)c(C)c1C. The average Bonchev–Trinajstić information content (AvgIpc) is 3.12. The van der Waals surface area contributed by atoms with E-state index in [1.54, 1.807) is 0 Å². The van der Waals surface area contributed by atoms with Crippen molar-refractivity contribution in [1.82, 2.24) is 0 Å². The van der Waals surface area contributed by atoms with Crippen molar-refractivity contribution in [2.75, 3.05) is 0 Å². The summed E-state index contributed by atoms with van der Waals surface area (Å²) in [4.78, 5) is 0. The summed E-state index contributed by atoms with van der Waals surface area (Å²) in [5, 5.41) is 0. The number of aryl methyl sites for hydroxylation is 10. The topological polar surface area (TPSA) is 0 Å². The third-order valence-electron chi connectivity index (χ3n) is 12.9. The van der Waals surface area contributed by atoms with Crippen molar-refractivity contribution in [2.45, 2.75) is 159 Å². The van der Waals surface area contributed by atoms with Gasteiger partial charge in [-0.2, -0.15) is 0 Å². The van der Waals surface area contributed by atoms with Crippen LogP contribution in [0.25, 0.3) is 0 Å². The molecule has 0 heteroatoms. The van der Waals surface area contributed by atoms with Gasteiger partial charge in [0.2, 0.25) is 0 Å². The molecule has 0 bridgehead atoms. The molecule has 0 nitrogen and oxygen atoms in total. The Morgan fingerprint density at radius 1 is 0.151 bits per heavy atom. The van der Waals surface area contributed by atoms with Crippen molar-refractivity contribution in [3.63, 3.8) is 0 Å². The van der Waals surface area contributed by atoms with Crippen LogP contribution < -0.4 is 0 Å². The number of benzene rings is 5. The fraction of sp³-hybridized carbons (Fsp3) is 0.434. The van der Waals surface area contributed by atoms with Gasteiger partial charge < -0.3 is 0 Å². The van der Waals surface area contributed by atoms with E-state index in [-0.39, 0.29) is 0 Å². The van der Waals surface area contributed by atoms with Crippen molar-refractivity contribution < 1.29 is 0 Å². The lowest BCUT2D eigenvalue weighted by Crippen LogP contribution is -1.93. The summed E-state index contributed by atoms with van der Waals surface area (Å²) in [6.45, 7) is 50.1. The maximum Gasteiger partial charge on any atom is -0.0392 e. The molecular formula is C53H76. The zero-order chi connectivity index (χ0) is 41.2. The molecule has 0 aromatic heterocycles. The smallest absolute Gasteiger partial charge is 0.0392 e. The molecule has 0 N–H and O–H groups in total. The third-order valence-corrected chi connectivity index (χ3v) is 12.9. The Balaban J connectivity index is 0.000000331. The zero-order valence-corrected chi connectivity index (χ0v) is 38.5. The lowest BCUT2D eigenvalue weighted by Gasteiger charge is -2.10. The van der Waals surface area contributed by atoms with Crippen LogP contribution in [0.15, 0.2) is 42.5 Å². The van der Waals surface area contributed by atoms with Crippen LogP contribution in [-0.4, -0.2) is 0 Å². The van der Waals surface area contributed by atoms with E-state index in [0.29, 0.717) is 0 Å². The fourth-order valence-corrected chi connectivity index (χ4v) is 6.43. The number of hydrogen-bond acceptors (Lipinski definition) is 0. The highest BCUT2D eigenvalue weighted by atomic mass is 14.1. The molecule has 0 saturated carbocycles. The van der Waals surface area contributed by atoms with Crippen LogP contribution >= 0.6 is 0 Å². The zero-order valence-electron chi connectivity index (χ0n) is 38.5. The summed E-state index contributed by atoms with van der Waals surface area (Å²) in [5.74, 6) is 0. The molecule has 0 radical (unpaired) electrons. The molecular weight excluding hydrogens is 637 g/mol. The highest BCUT2D eigenvalue weighted by Crippen LogP contribution is 2.22. The summed E-state index contributed by atoms with van der Waals surface area (Å²) < 4.78 is 0. The summed E-state index contributed by atoms with van der Waals surface area (Å²) in [6, 6.07) is 15.5. The number of rotatable bonds is 0. The Morgan fingerprint density at radius 3 is 0.396 bits per heavy atom. The Labute approximate surface area is 328 Å². The van der Waals surface area contributed by atoms with Crippen LogP contribution in [0.2, 0.25) is 0 Å². The minimum atomic E-state index is 1.39. The maximum atomic E-state index is 2.26. The van der Waals surface area contributed by atoms with Gasteiger partial charge in [0.15, 0.2) is 0 Å². The van der Waals surface area contributed by atoms with Gasteiger partial charge >= 0.3 is 0 Å². The Hall–Kier alpha value is -3.90. The Morgan fingerprint density at radius 2 is 0.264 bits per heavy atom.